The summed E-state index contributed by atoms with van der Waals surface area (Å²) in [7, 11) is 1.67. The molecule has 0 bridgehead atoms. The zero-order valence-electron chi connectivity index (χ0n) is 9.64. The van der Waals surface area contributed by atoms with Crippen molar-refractivity contribution < 1.29 is 14.3 Å². The molecule has 1 aromatic carbocycles. The highest BCUT2D eigenvalue weighted by atomic mass is 19.1. The van der Waals surface area contributed by atoms with Crippen LogP contribution in [-0.2, 0) is 0 Å². The second-order valence-electron chi connectivity index (χ2n) is 4.12. The molecule has 0 radical (unpaired) electrons. The minimum atomic E-state index is -0.319. The molecular weight excluding hydrogens is 223 g/mol. The van der Waals surface area contributed by atoms with Crippen LogP contribution in [0.25, 0.3) is 0 Å². The van der Waals surface area contributed by atoms with Crippen molar-refractivity contribution >= 4 is 6.03 Å². The van der Waals surface area contributed by atoms with E-state index >= 15 is 0 Å². The van der Waals surface area contributed by atoms with E-state index in [4.69, 9.17) is 5.11 Å². The van der Waals surface area contributed by atoms with E-state index in [1.165, 1.54) is 15.9 Å². The van der Waals surface area contributed by atoms with E-state index in [9.17, 15) is 9.18 Å². The molecule has 1 saturated heterocycles. The van der Waals surface area contributed by atoms with Crippen LogP contribution in [0.15, 0.2) is 24.3 Å². The largest absolute Gasteiger partial charge is 0.395 e. The molecule has 1 unspecified atom stereocenters. The Kier molecular flexibility index (Phi) is 3.28. The van der Waals surface area contributed by atoms with Gasteiger partial charge >= 0.3 is 6.03 Å². The second-order valence-corrected chi connectivity index (χ2v) is 4.12. The number of aliphatic hydroxyl groups is 1. The Bertz CT molecular complexity index is 425. The minimum Gasteiger partial charge on any atom is -0.395 e. The van der Waals surface area contributed by atoms with E-state index < -0.39 is 0 Å². The summed E-state index contributed by atoms with van der Waals surface area (Å²) < 4.78 is 13.7. The number of hydrogen-bond donors (Lipinski definition) is 1. The van der Waals surface area contributed by atoms with Gasteiger partial charge in [0.15, 0.2) is 0 Å². The molecular formula is C12H15FN2O2. The number of aliphatic hydroxyl groups excluding tert-OH is 1. The molecule has 0 aliphatic carbocycles. The highest BCUT2D eigenvalue weighted by Gasteiger charge is 2.36. The van der Waals surface area contributed by atoms with Gasteiger partial charge in [-0.3, -0.25) is 0 Å². The van der Waals surface area contributed by atoms with Crippen LogP contribution in [0.5, 0.6) is 0 Å². The van der Waals surface area contributed by atoms with Crippen LogP contribution in [0.1, 0.15) is 11.6 Å². The van der Waals surface area contributed by atoms with Crippen molar-refractivity contribution in [3.63, 3.8) is 0 Å². The first-order chi connectivity index (χ1) is 8.15. The molecule has 17 heavy (non-hydrogen) atoms. The predicted octanol–water partition coefficient (Wildman–Crippen LogP) is 1.23. The van der Waals surface area contributed by atoms with Gasteiger partial charge in [-0.15, -0.1) is 0 Å². The van der Waals surface area contributed by atoms with Gasteiger partial charge in [-0.25, -0.2) is 9.18 Å². The van der Waals surface area contributed by atoms with E-state index in [0.717, 1.165) is 0 Å². The number of likely N-dealkylation sites (N-methyl/N-ethyl adjacent to an activating group) is 1. The Morgan fingerprint density at radius 2 is 2.18 bits per heavy atom. The molecule has 1 heterocycles. The number of β-amino-alcohol motifs (C(OH)–C–C–N with tert-alkyl or cyclic N) is 1. The smallest absolute Gasteiger partial charge is 0.320 e. The number of rotatable bonds is 3. The Labute approximate surface area is 99.3 Å². The SMILES string of the molecule is CN1CC(c2ccccc2F)N(CCO)C1=O. The number of carbonyl (C=O) groups excluding carboxylic acids is 1. The van der Waals surface area contributed by atoms with Crippen LogP contribution in [0.3, 0.4) is 0 Å². The summed E-state index contributed by atoms with van der Waals surface area (Å²) in [6.45, 7) is 0.548. The average Bonchev–Trinajstić information content (AvgIpc) is 2.58. The summed E-state index contributed by atoms with van der Waals surface area (Å²) in [5.74, 6) is -0.316. The Morgan fingerprint density at radius 3 is 2.82 bits per heavy atom. The van der Waals surface area contributed by atoms with Crippen molar-refractivity contribution in [3.8, 4) is 0 Å². The third kappa shape index (κ3) is 2.10. The fourth-order valence-electron chi connectivity index (χ4n) is 2.16. The van der Waals surface area contributed by atoms with Gasteiger partial charge in [0, 0.05) is 25.7 Å². The first-order valence-electron chi connectivity index (χ1n) is 5.52. The summed E-state index contributed by atoms with van der Waals surface area (Å²) in [6.07, 6.45) is 0. The third-order valence-electron chi connectivity index (χ3n) is 3.00. The van der Waals surface area contributed by atoms with E-state index in [1.807, 2.05) is 0 Å². The van der Waals surface area contributed by atoms with Crippen molar-refractivity contribution in [2.24, 2.45) is 0 Å². The van der Waals surface area contributed by atoms with E-state index in [2.05, 4.69) is 0 Å². The molecule has 5 heteroatoms. The van der Waals surface area contributed by atoms with Crippen LogP contribution >= 0.6 is 0 Å². The lowest BCUT2D eigenvalue weighted by molar-refractivity contribution is 0.171. The Balaban J connectivity index is 2.31. The first-order valence-corrected chi connectivity index (χ1v) is 5.52. The Morgan fingerprint density at radius 1 is 1.47 bits per heavy atom. The number of amides is 2. The number of nitrogens with zero attached hydrogens (tertiary/aromatic N) is 2. The quantitative estimate of drug-likeness (QED) is 0.860. The van der Waals surface area contributed by atoms with E-state index in [1.54, 1.807) is 25.2 Å². The zero-order valence-corrected chi connectivity index (χ0v) is 9.64. The van der Waals surface area contributed by atoms with Crippen molar-refractivity contribution in [1.82, 2.24) is 9.80 Å². The first kappa shape index (κ1) is 11.9. The van der Waals surface area contributed by atoms with Gasteiger partial charge in [0.05, 0.1) is 12.6 Å². The van der Waals surface area contributed by atoms with Crippen LogP contribution in [0, 0.1) is 5.82 Å². The number of halogens is 1. The van der Waals surface area contributed by atoms with Gasteiger partial charge in [0.25, 0.3) is 0 Å². The van der Waals surface area contributed by atoms with Crippen molar-refractivity contribution in [2.75, 3.05) is 26.7 Å². The van der Waals surface area contributed by atoms with Crippen molar-refractivity contribution in [1.29, 1.82) is 0 Å². The van der Waals surface area contributed by atoms with Crippen LogP contribution in [0.4, 0.5) is 9.18 Å². The fourth-order valence-corrected chi connectivity index (χ4v) is 2.16. The van der Waals surface area contributed by atoms with Crippen LogP contribution in [0.2, 0.25) is 0 Å². The zero-order chi connectivity index (χ0) is 12.4. The van der Waals surface area contributed by atoms with Gasteiger partial charge in [0.2, 0.25) is 0 Å². The minimum absolute atomic E-state index is 0.121. The normalized spacial score (nSPS) is 20.2. The molecule has 92 valence electrons. The molecule has 1 aliphatic heterocycles. The average molecular weight is 238 g/mol. The molecule has 1 fully saturated rings. The predicted molar refractivity (Wildman–Crippen MR) is 61.0 cm³/mol. The third-order valence-corrected chi connectivity index (χ3v) is 3.00. The summed E-state index contributed by atoms with van der Waals surface area (Å²) in [4.78, 5) is 14.8. The van der Waals surface area contributed by atoms with Gasteiger partial charge in [0.1, 0.15) is 5.82 Å². The molecule has 2 rings (SSSR count). The van der Waals surface area contributed by atoms with Crippen LogP contribution in [-0.4, -0.2) is 47.7 Å². The lowest BCUT2D eigenvalue weighted by Gasteiger charge is -2.22. The summed E-state index contributed by atoms with van der Waals surface area (Å²) in [5.41, 5.74) is 0.499. The molecule has 0 saturated carbocycles. The summed E-state index contributed by atoms with van der Waals surface area (Å²) in [6, 6.07) is 5.94. The van der Waals surface area contributed by atoms with Gasteiger partial charge in [-0.2, -0.15) is 0 Å². The number of urea groups is 1. The van der Waals surface area contributed by atoms with Gasteiger partial charge in [-0.05, 0) is 6.07 Å². The molecule has 2 amide bonds. The molecule has 1 aromatic rings. The topological polar surface area (TPSA) is 43.8 Å². The summed E-state index contributed by atoms with van der Waals surface area (Å²) in [5, 5.41) is 8.96. The molecule has 0 aromatic heterocycles. The Hall–Kier alpha value is -1.62. The number of carbonyl (C=O) groups is 1. The second kappa shape index (κ2) is 4.71. The number of benzene rings is 1. The van der Waals surface area contributed by atoms with Crippen LogP contribution < -0.4 is 0 Å². The molecule has 1 N–H and O–H groups in total. The van der Waals surface area contributed by atoms with Gasteiger partial charge < -0.3 is 14.9 Å². The highest BCUT2D eigenvalue weighted by molar-refractivity contribution is 5.77. The molecule has 1 aliphatic rings. The number of hydrogen-bond acceptors (Lipinski definition) is 2. The van der Waals surface area contributed by atoms with Crippen molar-refractivity contribution in [3.05, 3.63) is 35.6 Å². The monoisotopic (exact) mass is 238 g/mol. The molecule has 1 atom stereocenters. The van der Waals surface area contributed by atoms with E-state index in [-0.39, 0.29) is 31.0 Å². The lowest BCUT2D eigenvalue weighted by Crippen LogP contribution is -2.33. The van der Waals surface area contributed by atoms with Gasteiger partial charge in [-0.1, -0.05) is 18.2 Å². The maximum atomic E-state index is 13.7. The van der Waals surface area contributed by atoms with E-state index in [0.29, 0.717) is 12.1 Å². The fraction of sp³-hybridized carbons (Fsp3) is 0.417. The molecule has 4 nitrogen and oxygen atoms in total. The maximum absolute atomic E-state index is 13.7. The van der Waals surface area contributed by atoms with Crippen molar-refractivity contribution in [2.45, 2.75) is 6.04 Å². The lowest BCUT2D eigenvalue weighted by atomic mass is 10.1. The standard InChI is InChI=1S/C12H15FN2O2/c1-14-8-11(15(6-7-16)12(14)17)9-4-2-3-5-10(9)13/h2-5,11,16H,6-8H2,1H3. The molecule has 0 spiro atoms. The highest BCUT2D eigenvalue weighted by Crippen LogP contribution is 2.29. The summed E-state index contributed by atoms with van der Waals surface area (Å²) >= 11 is 0. The maximum Gasteiger partial charge on any atom is 0.320 e.